The number of hydrogen-bond acceptors (Lipinski definition) is 5. The fourth-order valence-electron chi connectivity index (χ4n) is 2.70. The molecule has 0 unspecified atom stereocenters. The molecular formula is C23H28IN3O4. The van der Waals surface area contributed by atoms with Crippen LogP contribution in [0.15, 0.2) is 35.4 Å². The number of benzene rings is 2. The van der Waals surface area contributed by atoms with Gasteiger partial charge in [0.15, 0.2) is 11.5 Å². The zero-order chi connectivity index (χ0) is 22.8. The van der Waals surface area contributed by atoms with E-state index in [4.69, 9.17) is 9.47 Å². The first-order valence-electron chi connectivity index (χ1n) is 10.0. The summed E-state index contributed by atoms with van der Waals surface area (Å²) in [5.41, 5.74) is 6.01. The lowest BCUT2D eigenvalue weighted by atomic mass is 10.1. The highest BCUT2D eigenvalue weighted by Gasteiger charge is 2.11. The molecule has 166 valence electrons. The van der Waals surface area contributed by atoms with Crippen molar-refractivity contribution in [3.63, 3.8) is 0 Å². The van der Waals surface area contributed by atoms with E-state index in [0.29, 0.717) is 18.1 Å². The van der Waals surface area contributed by atoms with Gasteiger partial charge in [-0.15, -0.1) is 0 Å². The number of halogens is 1. The van der Waals surface area contributed by atoms with Crippen molar-refractivity contribution < 1.29 is 19.1 Å². The van der Waals surface area contributed by atoms with Gasteiger partial charge in [0.1, 0.15) is 0 Å². The quantitative estimate of drug-likeness (QED) is 0.264. The lowest BCUT2D eigenvalue weighted by Crippen LogP contribution is -2.21. The van der Waals surface area contributed by atoms with Crippen LogP contribution < -0.4 is 20.2 Å². The number of methoxy groups -OCH3 is 1. The fourth-order valence-corrected chi connectivity index (χ4v) is 3.48. The van der Waals surface area contributed by atoms with Gasteiger partial charge < -0.3 is 14.8 Å². The first-order chi connectivity index (χ1) is 14.8. The fraction of sp³-hybridized carbons (Fsp3) is 0.348. The highest BCUT2D eigenvalue weighted by Crippen LogP contribution is 2.33. The highest BCUT2D eigenvalue weighted by atomic mass is 127. The summed E-state index contributed by atoms with van der Waals surface area (Å²) in [6.07, 6.45) is 2.54. The Kier molecular flexibility index (Phi) is 9.77. The molecule has 2 rings (SSSR count). The lowest BCUT2D eigenvalue weighted by molar-refractivity contribution is -0.124. The van der Waals surface area contributed by atoms with Crippen molar-refractivity contribution in [1.29, 1.82) is 0 Å². The number of amides is 2. The van der Waals surface area contributed by atoms with Crippen LogP contribution in [0.4, 0.5) is 5.69 Å². The Hall–Kier alpha value is -2.62. The Morgan fingerprint density at radius 3 is 2.58 bits per heavy atom. The first kappa shape index (κ1) is 24.6. The summed E-state index contributed by atoms with van der Waals surface area (Å²) < 4.78 is 12.0. The van der Waals surface area contributed by atoms with Crippen LogP contribution in [0.3, 0.4) is 0 Å². The van der Waals surface area contributed by atoms with Crippen molar-refractivity contribution >= 4 is 46.3 Å². The van der Waals surface area contributed by atoms with E-state index in [1.54, 1.807) is 13.2 Å². The normalized spacial score (nSPS) is 10.7. The zero-order valence-electron chi connectivity index (χ0n) is 18.3. The molecule has 8 heteroatoms. The average Bonchev–Trinajstić information content (AvgIpc) is 2.73. The monoisotopic (exact) mass is 537 g/mol. The Morgan fingerprint density at radius 2 is 1.87 bits per heavy atom. The van der Waals surface area contributed by atoms with E-state index in [1.807, 2.05) is 45.0 Å². The van der Waals surface area contributed by atoms with Crippen LogP contribution in [-0.4, -0.2) is 31.7 Å². The van der Waals surface area contributed by atoms with Crippen LogP contribution in [0.2, 0.25) is 0 Å². The van der Waals surface area contributed by atoms with Crippen LogP contribution in [0, 0.1) is 17.4 Å². The number of hydrogen-bond donors (Lipinski definition) is 2. The molecule has 7 nitrogen and oxygen atoms in total. The van der Waals surface area contributed by atoms with Gasteiger partial charge in [0.25, 0.3) is 0 Å². The van der Waals surface area contributed by atoms with Crippen molar-refractivity contribution in [3.8, 4) is 11.5 Å². The second-order valence-corrected chi connectivity index (χ2v) is 8.20. The standard InChI is InChI=1S/C23H28IN3O4/c1-5-10-31-23-18(24)12-17(13-20(23)30-4)14-25-27-22(29)9-8-21(28)26-19-11-15(2)6-7-16(19)3/h6-7,11-14H,5,8-10H2,1-4H3,(H,26,28)(H,27,29). The predicted octanol–water partition coefficient (Wildman–Crippen LogP) is 4.57. The van der Waals surface area contributed by atoms with Gasteiger partial charge in [0, 0.05) is 18.5 Å². The van der Waals surface area contributed by atoms with Crippen molar-refractivity contribution in [2.75, 3.05) is 19.0 Å². The maximum atomic E-state index is 12.1. The molecule has 0 aliphatic carbocycles. The molecule has 0 saturated heterocycles. The van der Waals surface area contributed by atoms with Crippen LogP contribution in [0.5, 0.6) is 11.5 Å². The topological polar surface area (TPSA) is 89.0 Å². The molecule has 0 bridgehead atoms. The highest BCUT2D eigenvalue weighted by molar-refractivity contribution is 14.1. The Bertz CT molecular complexity index is 960. The summed E-state index contributed by atoms with van der Waals surface area (Å²) in [5.74, 6) is 0.754. The molecule has 0 aliphatic heterocycles. The molecule has 2 amide bonds. The summed E-state index contributed by atoms with van der Waals surface area (Å²) in [5, 5.41) is 6.82. The van der Waals surface area contributed by atoms with Crippen LogP contribution in [-0.2, 0) is 9.59 Å². The molecule has 0 radical (unpaired) electrons. The molecule has 0 saturated carbocycles. The smallest absolute Gasteiger partial charge is 0.240 e. The third kappa shape index (κ3) is 7.86. The van der Waals surface area contributed by atoms with Gasteiger partial charge in [-0.3, -0.25) is 9.59 Å². The Labute approximate surface area is 196 Å². The summed E-state index contributed by atoms with van der Waals surface area (Å²) in [7, 11) is 1.58. The maximum absolute atomic E-state index is 12.1. The van der Waals surface area contributed by atoms with Crippen molar-refractivity contribution in [1.82, 2.24) is 5.43 Å². The van der Waals surface area contributed by atoms with E-state index in [1.165, 1.54) is 6.21 Å². The lowest BCUT2D eigenvalue weighted by Gasteiger charge is -2.12. The Morgan fingerprint density at radius 1 is 1.13 bits per heavy atom. The molecule has 0 aromatic heterocycles. The van der Waals surface area contributed by atoms with E-state index < -0.39 is 0 Å². The van der Waals surface area contributed by atoms with E-state index in [2.05, 4.69) is 38.4 Å². The molecule has 0 fully saturated rings. The largest absolute Gasteiger partial charge is 0.493 e. The molecule has 31 heavy (non-hydrogen) atoms. The van der Waals surface area contributed by atoms with Gasteiger partial charge in [-0.05, 0) is 77.7 Å². The number of rotatable bonds is 10. The minimum Gasteiger partial charge on any atom is -0.493 e. The summed E-state index contributed by atoms with van der Waals surface area (Å²) in [4.78, 5) is 24.2. The molecule has 0 atom stereocenters. The average molecular weight is 537 g/mol. The summed E-state index contributed by atoms with van der Waals surface area (Å²) >= 11 is 2.17. The first-order valence-corrected chi connectivity index (χ1v) is 11.1. The molecule has 0 spiro atoms. The van der Waals surface area contributed by atoms with E-state index >= 15 is 0 Å². The zero-order valence-corrected chi connectivity index (χ0v) is 20.4. The molecule has 2 aromatic carbocycles. The number of hydrazone groups is 1. The third-order valence-electron chi connectivity index (χ3n) is 4.35. The van der Waals surface area contributed by atoms with E-state index in [-0.39, 0.29) is 24.7 Å². The number of nitrogens with one attached hydrogen (secondary N) is 2. The van der Waals surface area contributed by atoms with Gasteiger partial charge >= 0.3 is 0 Å². The van der Waals surface area contributed by atoms with Gasteiger partial charge in [-0.25, -0.2) is 5.43 Å². The minimum absolute atomic E-state index is 0.0404. The molecule has 0 heterocycles. The summed E-state index contributed by atoms with van der Waals surface area (Å²) in [6.45, 7) is 6.53. The van der Waals surface area contributed by atoms with Crippen molar-refractivity contribution in [2.24, 2.45) is 5.10 Å². The predicted molar refractivity (Wildman–Crippen MR) is 131 cm³/mol. The minimum atomic E-state index is -0.336. The number of carbonyl (C=O) groups excluding carboxylic acids is 2. The second kappa shape index (κ2) is 12.3. The van der Waals surface area contributed by atoms with Crippen LogP contribution >= 0.6 is 22.6 Å². The number of anilines is 1. The van der Waals surface area contributed by atoms with Gasteiger partial charge in [-0.2, -0.15) is 5.10 Å². The maximum Gasteiger partial charge on any atom is 0.240 e. The van der Waals surface area contributed by atoms with Crippen LogP contribution in [0.25, 0.3) is 0 Å². The number of nitrogens with zero attached hydrogens (tertiary/aromatic N) is 1. The number of ether oxygens (including phenoxy) is 2. The number of aryl methyl sites for hydroxylation is 2. The molecule has 2 N–H and O–H groups in total. The third-order valence-corrected chi connectivity index (χ3v) is 5.15. The van der Waals surface area contributed by atoms with Crippen molar-refractivity contribution in [2.45, 2.75) is 40.0 Å². The number of carbonyl (C=O) groups is 2. The SMILES string of the molecule is CCCOc1c(I)cc(C=NNC(=O)CCC(=O)Nc2cc(C)ccc2C)cc1OC. The van der Waals surface area contributed by atoms with Crippen LogP contribution in [0.1, 0.15) is 42.9 Å². The Balaban J connectivity index is 1.87. The molecule has 0 aliphatic rings. The van der Waals surface area contributed by atoms with Crippen molar-refractivity contribution in [3.05, 3.63) is 50.6 Å². The van der Waals surface area contributed by atoms with Gasteiger partial charge in [0.2, 0.25) is 11.8 Å². The van der Waals surface area contributed by atoms with E-state index in [0.717, 1.165) is 32.4 Å². The molecular weight excluding hydrogens is 509 g/mol. The van der Waals surface area contributed by atoms with E-state index in [9.17, 15) is 9.59 Å². The molecule has 2 aromatic rings. The second-order valence-electron chi connectivity index (χ2n) is 7.04. The van der Waals surface area contributed by atoms with Gasteiger partial charge in [-0.1, -0.05) is 19.1 Å². The van der Waals surface area contributed by atoms with Gasteiger partial charge in [0.05, 0.1) is 23.5 Å². The summed E-state index contributed by atoms with van der Waals surface area (Å²) in [6, 6.07) is 9.53.